The fraction of sp³-hybridized carbons (Fsp3) is 0. The van der Waals surface area contributed by atoms with E-state index in [1.807, 2.05) is 18.2 Å². The van der Waals surface area contributed by atoms with Crippen LogP contribution in [0.2, 0.25) is 0 Å². The van der Waals surface area contributed by atoms with E-state index in [1.165, 1.54) is 0 Å². The molecule has 2 aromatic rings. The maximum Gasteiger partial charge on any atom is 0.161 e. The number of hydrogen-bond acceptors (Lipinski definition) is 3. The van der Waals surface area contributed by atoms with E-state index < -0.39 is 0 Å². The zero-order chi connectivity index (χ0) is 12.8. The quantitative estimate of drug-likeness (QED) is 0.502. The summed E-state index contributed by atoms with van der Waals surface area (Å²) < 4.78 is 4.03. The Morgan fingerprint density at radius 2 is 1.67 bits per heavy atom. The van der Waals surface area contributed by atoms with Crippen LogP contribution in [-0.2, 0) is 0 Å². The summed E-state index contributed by atoms with van der Waals surface area (Å²) in [4.78, 5) is 12.3. The Bertz CT molecular complexity index is 566. The predicted molar refractivity (Wildman–Crippen MR) is 75.4 cm³/mol. The topological polar surface area (TPSA) is 76.5 Å². The van der Waals surface area contributed by atoms with Crippen LogP contribution in [0.15, 0.2) is 58.8 Å². The van der Waals surface area contributed by atoms with Crippen molar-refractivity contribution < 1.29 is 0 Å². The lowest BCUT2D eigenvalue weighted by molar-refractivity contribution is 1.30. The second kappa shape index (κ2) is 5.98. The average molecular weight is 257 g/mol. The number of amidine groups is 2. The minimum atomic E-state index is 0.369. The molecule has 90 valence electrons. The van der Waals surface area contributed by atoms with E-state index in [-0.39, 0.29) is 0 Å². The van der Waals surface area contributed by atoms with Crippen LogP contribution in [0.4, 0.5) is 0 Å². The van der Waals surface area contributed by atoms with Crippen LogP contribution >= 0.6 is 9.39 Å². The Morgan fingerprint density at radius 1 is 1.06 bits per heavy atom. The molecule has 0 aromatic carbocycles. The highest BCUT2D eigenvalue weighted by Crippen LogP contribution is 2.05. The first-order valence-electron chi connectivity index (χ1n) is 5.24. The highest BCUT2D eigenvalue weighted by Gasteiger charge is 2.03. The largest absolute Gasteiger partial charge is 0.383 e. The van der Waals surface area contributed by atoms with E-state index in [9.17, 15) is 0 Å². The lowest BCUT2D eigenvalue weighted by Gasteiger charge is -2.02. The summed E-state index contributed by atoms with van der Waals surface area (Å²) >= 11 is 0. The van der Waals surface area contributed by atoms with Crippen molar-refractivity contribution in [3.63, 3.8) is 0 Å². The first-order chi connectivity index (χ1) is 8.81. The summed E-state index contributed by atoms with van der Waals surface area (Å²) in [5.41, 5.74) is 7.47. The van der Waals surface area contributed by atoms with E-state index in [0.717, 1.165) is 11.1 Å². The Balaban J connectivity index is 2.32. The molecular weight excluding hydrogens is 245 g/mol. The van der Waals surface area contributed by atoms with Crippen molar-refractivity contribution in [1.29, 1.82) is 0 Å². The van der Waals surface area contributed by atoms with Crippen molar-refractivity contribution in [3.8, 4) is 0 Å². The van der Waals surface area contributed by atoms with Crippen molar-refractivity contribution in [3.05, 3.63) is 60.2 Å². The second-order valence-corrected chi connectivity index (χ2v) is 3.69. The Kier molecular flexibility index (Phi) is 4.10. The van der Waals surface area contributed by atoms with Crippen molar-refractivity contribution in [2.75, 3.05) is 0 Å². The molecule has 1 unspecified atom stereocenters. The van der Waals surface area contributed by atoms with Gasteiger partial charge in [-0.05, 0) is 33.7 Å². The molecular formula is C12H12N5P. The monoisotopic (exact) mass is 257 g/mol. The van der Waals surface area contributed by atoms with Crippen LogP contribution in [-0.4, -0.2) is 21.6 Å². The minimum absolute atomic E-state index is 0.369. The second-order valence-electron chi connectivity index (χ2n) is 3.43. The standard InChI is InChI=1S/C12H12N5P/c13-11(9-3-1-5-14-7-9)16-12(17-18)10-4-2-6-15-8-10/h1-8H,18H2,(H2,13,16,17). The molecule has 18 heavy (non-hydrogen) atoms. The number of nitrogens with two attached hydrogens (primary N) is 1. The fourth-order valence-electron chi connectivity index (χ4n) is 1.36. The summed E-state index contributed by atoms with van der Waals surface area (Å²) in [6.07, 6.45) is 6.71. The molecule has 2 heterocycles. The van der Waals surface area contributed by atoms with Crippen molar-refractivity contribution >= 4 is 21.1 Å². The third-order valence-electron chi connectivity index (χ3n) is 2.23. The van der Waals surface area contributed by atoms with Gasteiger partial charge in [0.05, 0.1) is 0 Å². The first kappa shape index (κ1) is 12.3. The van der Waals surface area contributed by atoms with E-state index >= 15 is 0 Å². The zero-order valence-electron chi connectivity index (χ0n) is 9.56. The van der Waals surface area contributed by atoms with Gasteiger partial charge in [0.15, 0.2) is 5.84 Å². The molecule has 0 amide bonds. The van der Waals surface area contributed by atoms with Gasteiger partial charge < -0.3 is 5.73 Å². The molecule has 1 atom stereocenters. The first-order valence-corrected chi connectivity index (χ1v) is 5.75. The van der Waals surface area contributed by atoms with E-state index in [0.29, 0.717) is 11.7 Å². The molecule has 6 heteroatoms. The van der Waals surface area contributed by atoms with Gasteiger partial charge in [0, 0.05) is 35.9 Å². The lowest BCUT2D eigenvalue weighted by Crippen LogP contribution is -2.16. The Labute approximate surface area is 107 Å². The van der Waals surface area contributed by atoms with Gasteiger partial charge in [-0.25, -0.2) is 9.76 Å². The summed E-state index contributed by atoms with van der Waals surface area (Å²) in [7, 11) is 2.28. The summed E-state index contributed by atoms with van der Waals surface area (Å²) in [6.45, 7) is 0. The molecule has 2 aromatic heterocycles. The molecule has 0 saturated heterocycles. The van der Waals surface area contributed by atoms with Gasteiger partial charge in [-0.2, -0.15) is 0 Å². The number of aliphatic imine (C=N–C) groups is 1. The Hall–Kier alpha value is -2.13. The van der Waals surface area contributed by atoms with Crippen molar-refractivity contribution in [2.45, 2.75) is 0 Å². The summed E-state index contributed by atoms with van der Waals surface area (Å²) in [5, 5.41) is 0. The van der Waals surface area contributed by atoms with Gasteiger partial charge in [-0.3, -0.25) is 9.97 Å². The van der Waals surface area contributed by atoms with Gasteiger partial charge in [-0.1, -0.05) is 0 Å². The molecule has 0 aliphatic heterocycles. The van der Waals surface area contributed by atoms with Crippen molar-refractivity contribution in [2.24, 2.45) is 15.5 Å². The van der Waals surface area contributed by atoms with Crippen molar-refractivity contribution in [1.82, 2.24) is 9.97 Å². The highest BCUT2D eigenvalue weighted by molar-refractivity contribution is 7.15. The fourth-order valence-corrected chi connectivity index (χ4v) is 1.56. The molecule has 2 rings (SSSR count). The van der Waals surface area contributed by atoms with Crippen LogP contribution in [0.5, 0.6) is 0 Å². The van der Waals surface area contributed by atoms with E-state index in [2.05, 4.69) is 29.1 Å². The van der Waals surface area contributed by atoms with Crippen LogP contribution in [0.25, 0.3) is 0 Å². The maximum absolute atomic E-state index is 5.91. The maximum atomic E-state index is 5.91. The molecule has 0 saturated carbocycles. The molecule has 5 nitrogen and oxygen atoms in total. The molecule has 2 N–H and O–H groups in total. The number of hydrogen-bond donors (Lipinski definition) is 1. The van der Waals surface area contributed by atoms with Gasteiger partial charge >= 0.3 is 0 Å². The highest BCUT2D eigenvalue weighted by atomic mass is 31.0. The zero-order valence-corrected chi connectivity index (χ0v) is 10.7. The smallest absolute Gasteiger partial charge is 0.161 e. The molecule has 0 radical (unpaired) electrons. The van der Waals surface area contributed by atoms with Crippen LogP contribution < -0.4 is 5.73 Å². The summed E-state index contributed by atoms with van der Waals surface area (Å²) in [6, 6.07) is 7.34. The third kappa shape index (κ3) is 2.96. The molecule has 0 aliphatic rings. The van der Waals surface area contributed by atoms with Crippen LogP contribution in [0.1, 0.15) is 11.1 Å². The lowest BCUT2D eigenvalue weighted by atomic mass is 10.2. The number of rotatable bonds is 2. The molecule has 0 aliphatic carbocycles. The predicted octanol–water partition coefficient (Wildman–Crippen LogP) is 1.42. The van der Waals surface area contributed by atoms with Crippen LogP contribution in [0, 0.1) is 0 Å². The van der Waals surface area contributed by atoms with E-state index in [1.54, 1.807) is 30.9 Å². The number of nitrogens with zero attached hydrogens (tertiary/aromatic N) is 4. The third-order valence-corrected chi connectivity index (χ3v) is 2.47. The van der Waals surface area contributed by atoms with Gasteiger partial charge in [0.2, 0.25) is 0 Å². The Morgan fingerprint density at radius 3 is 2.17 bits per heavy atom. The minimum Gasteiger partial charge on any atom is -0.383 e. The SMILES string of the molecule is NC(=N/C(=N\P)c1cccnc1)c1cccnc1. The number of aromatic nitrogens is 2. The van der Waals surface area contributed by atoms with E-state index in [4.69, 9.17) is 5.73 Å². The van der Waals surface area contributed by atoms with Crippen LogP contribution in [0.3, 0.4) is 0 Å². The van der Waals surface area contributed by atoms with Gasteiger partial charge in [-0.15, -0.1) is 0 Å². The normalized spacial score (nSPS) is 12.5. The molecule has 0 bridgehead atoms. The molecule has 0 spiro atoms. The molecule has 0 fully saturated rings. The van der Waals surface area contributed by atoms with Gasteiger partial charge in [0.25, 0.3) is 0 Å². The van der Waals surface area contributed by atoms with Gasteiger partial charge in [0.1, 0.15) is 5.84 Å². The number of pyridine rings is 2. The summed E-state index contributed by atoms with van der Waals surface area (Å²) in [5.74, 6) is 0.877. The average Bonchev–Trinajstić information content (AvgIpc) is 2.46.